The topological polar surface area (TPSA) is 72.7 Å². The summed E-state index contributed by atoms with van der Waals surface area (Å²) in [6.07, 6.45) is 3.61. The summed E-state index contributed by atoms with van der Waals surface area (Å²) < 4.78 is 2.18. The molecule has 1 N–H and O–H groups in total. The Morgan fingerprint density at radius 2 is 2.04 bits per heavy atom. The molecule has 0 atom stereocenters. The third kappa shape index (κ3) is 5.20. The number of hydrogen-bond donors (Lipinski definition) is 1. The lowest BCUT2D eigenvalue weighted by Gasteiger charge is -2.11. The molecule has 0 saturated heterocycles. The Morgan fingerprint density at radius 1 is 1.25 bits per heavy atom. The van der Waals surface area contributed by atoms with E-state index in [1.165, 1.54) is 11.3 Å². The number of carbonyl (C=O) groups is 1. The fraction of sp³-hybridized carbons (Fsp3) is 0.400. The van der Waals surface area contributed by atoms with Crippen molar-refractivity contribution < 1.29 is 4.79 Å². The molecule has 3 rings (SSSR count). The maximum absolute atomic E-state index is 12.4. The number of benzene rings is 1. The highest BCUT2D eigenvalue weighted by Gasteiger charge is 2.14. The standard InChI is InChI=1S/C20H25N5OS2/c1-14(2)12-25-17(23-24-20(25)27-3)10-7-11-21-18(26)16-13-28-19(22-16)15-8-5-4-6-9-15/h4-6,8-9,13-14H,7,10-12H2,1-3H3,(H,21,26). The van der Waals surface area contributed by atoms with Crippen LogP contribution in [0.15, 0.2) is 40.9 Å². The third-order valence-corrected chi connectivity index (χ3v) is 5.70. The first kappa shape index (κ1) is 20.5. The van der Waals surface area contributed by atoms with Crippen LogP contribution in [0.25, 0.3) is 10.6 Å². The van der Waals surface area contributed by atoms with Gasteiger partial charge in [-0.3, -0.25) is 4.79 Å². The maximum Gasteiger partial charge on any atom is 0.270 e. The zero-order valence-corrected chi connectivity index (χ0v) is 18.0. The lowest BCUT2D eigenvalue weighted by atomic mass is 10.2. The Bertz CT molecular complexity index is 904. The largest absolute Gasteiger partial charge is 0.351 e. The van der Waals surface area contributed by atoms with Crippen LogP contribution in [0.3, 0.4) is 0 Å². The van der Waals surface area contributed by atoms with E-state index in [2.05, 4.69) is 38.9 Å². The van der Waals surface area contributed by atoms with Gasteiger partial charge < -0.3 is 9.88 Å². The maximum atomic E-state index is 12.4. The minimum atomic E-state index is -0.133. The van der Waals surface area contributed by atoms with Crippen molar-refractivity contribution in [2.45, 2.75) is 38.4 Å². The summed E-state index contributed by atoms with van der Waals surface area (Å²) in [5, 5.41) is 15.2. The van der Waals surface area contributed by atoms with E-state index in [1.54, 1.807) is 11.8 Å². The zero-order valence-electron chi connectivity index (χ0n) is 16.4. The molecule has 1 amide bonds. The summed E-state index contributed by atoms with van der Waals surface area (Å²) in [7, 11) is 0. The molecule has 0 radical (unpaired) electrons. The Balaban J connectivity index is 1.51. The minimum Gasteiger partial charge on any atom is -0.351 e. The van der Waals surface area contributed by atoms with E-state index in [9.17, 15) is 4.79 Å². The summed E-state index contributed by atoms with van der Waals surface area (Å²) in [6.45, 7) is 5.86. The Hall–Kier alpha value is -2.19. The monoisotopic (exact) mass is 415 g/mol. The van der Waals surface area contributed by atoms with Crippen LogP contribution >= 0.6 is 23.1 Å². The van der Waals surface area contributed by atoms with E-state index < -0.39 is 0 Å². The molecular weight excluding hydrogens is 390 g/mol. The van der Waals surface area contributed by atoms with Crippen LogP contribution in [0, 0.1) is 5.92 Å². The number of nitrogens with zero attached hydrogens (tertiary/aromatic N) is 4. The predicted octanol–water partition coefficient (Wildman–Crippen LogP) is 4.14. The lowest BCUT2D eigenvalue weighted by molar-refractivity contribution is 0.0949. The van der Waals surface area contributed by atoms with Crippen LogP contribution in [0.2, 0.25) is 0 Å². The van der Waals surface area contributed by atoms with Gasteiger partial charge in [-0.25, -0.2) is 4.98 Å². The molecular formula is C20H25N5OS2. The van der Waals surface area contributed by atoms with Gasteiger partial charge in [-0.1, -0.05) is 55.9 Å². The van der Waals surface area contributed by atoms with Gasteiger partial charge in [0.05, 0.1) is 0 Å². The SMILES string of the molecule is CSc1nnc(CCCNC(=O)c2csc(-c3ccccc3)n2)n1CC(C)C. The second kappa shape index (κ2) is 9.84. The highest BCUT2D eigenvalue weighted by molar-refractivity contribution is 7.98. The van der Waals surface area contributed by atoms with Gasteiger partial charge in [0.2, 0.25) is 0 Å². The van der Waals surface area contributed by atoms with Gasteiger partial charge in [0.25, 0.3) is 5.91 Å². The normalized spacial score (nSPS) is 11.1. The summed E-state index contributed by atoms with van der Waals surface area (Å²) >= 11 is 3.10. The number of aryl methyl sites for hydroxylation is 1. The highest BCUT2D eigenvalue weighted by atomic mass is 32.2. The van der Waals surface area contributed by atoms with Gasteiger partial charge in [-0.2, -0.15) is 0 Å². The van der Waals surface area contributed by atoms with E-state index in [0.717, 1.165) is 40.9 Å². The van der Waals surface area contributed by atoms with Crippen LogP contribution in [-0.2, 0) is 13.0 Å². The quantitative estimate of drug-likeness (QED) is 0.420. The van der Waals surface area contributed by atoms with Gasteiger partial charge in [-0.15, -0.1) is 21.5 Å². The minimum absolute atomic E-state index is 0.133. The second-order valence-electron chi connectivity index (χ2n) is 6.87. The fourth-order valence-electron chi connectivity index (χ4n) is 2.83. The molecule has 1 aromatic carbocycles. The predicted molar refractivity (Wildman–Crippen MR) is 115 cm³/mol. The van der Waals surface area contributed by atoms with Crippen molar-refractivity contribution in [2.24, 2.45) is 5.92 Å². The van der Waals surface area contributed by atoms with E-state index in [4.69, 9.17) is 0 Å². The number of amides is 1. The molecule has 148 valence electrons. The first-order valence-corrected chi connectivity index (χ1v) is 11.4. The average molecular weight is 416 g/mol. The molecule has 0 fully saturated rings. The van der Waals surface area contributed by atoms with Gasteiger partial charge >= 0.3 is 0 Å². The van der Waals surface area contributed by atoms with Gasteiger partial charge in [-0.05, 0) is 18.6 Å². The Labute approximate surface area is 173 Å². The number of aromatic nitrogens is 4. The highest BCUT2D eigenvalue weighted by Crippen LogP contribution is 2.23. The van der Waals surface area contributed by atoms with Crippen molar-refractivity contribution in [2.75, 3.05) is 12.8 Å². The smallest absolute Gasteiger partial charge is 0.270 e. The molecule has 3 aromatic rings. The molecule has 0 unspecified atom stereocenters. The lowest BCUT2D eigenvalue weighted by Crippen LogP contribution is -2.25. The van der Waals surface area contributed by atoms with Crippen molar-refractivity contribution in [1.29, 1.82) is 0 Å². The average Bonchev–Trinajstić information content (AvgIpc) is 3.33. The van der Waals surface area contributed by atoms with Gasteiger partial charge in [0, 0.05) is 30.5 Å². The van der Waals surface area contributed by atoms with Crippen LogP contribution in [0.1, 0.15) is 36.6 Å². The number of thiazole rings is 1. The molecule has 0 aliphatic rings. The number of thioether (sulfide) groups is 1. The van der Waals surface area contributed by atoms with Crippen molar-refractivity contribution in [1.82, 2.24) is 25.1 Å². The van der Waals surface area contributed by atoms with E-state index in [-0.39, 0.29) is 5.91 Å². The van der Waals surface area contributed by atoms with E-state index in [0.29, 0.717) is 18.2 Å². The first-order chi connectivity index (χ1) is 13.6. The van der Waals surface area contributed by atoms with Crippen LogP contribution in [0.5, 0.6) is 0 Å². The van der Waals surface area contributed by atoms with Crippen molar-refractivity contribution in [3.8, 4) is 10.6 Å². The number of nitrogens with one attached hydrogen (secondary N) is 1. The van der Waals surface area contributed by atoms with Crippen LogP contribution < -0.4 is 5.32 Å². The number of carbonyl (C=O) groups excluding carboxylic acids is 1. The molecule has 8 heteroatoms. The molecule has 0 bridgehead atoms. The van der Waals surface area contributed by atoms with Gasteiger partial charge in [0.15, 0.2) is 5.16 Å². The Morgan fingerprint density at radius 3 is 2.75 bits per heavy atom. The molecule has 6 nitrogen and oxygen atoms in total. The Kier molecular flexibility index (Phi) is 7.22. The summed E-state index contributed by atoms with van der Waals surface area (Å²) in [5.74, 6) is 1.38. The summed E-state index contributed by atoms with van der Waals surface area (Å²) in [5.41, 5.74) is 1.50. The van der Waals surface area contributed by atoms with Crippen LogP contribution in [-0.4, -0.2) is 38.5 Å². The first-order valence-electron chi connectivity index (χ1n) is 9.33. The van der Waals surface area contributed by atoms with E-state index in [1.807, 2.05) is 42.0 Å². The summed E-state index contributed by atoms with van der Waals surface area (Å²) in [4.78, 5) is 16.8. The molecule has 0 spiro atoms. The third-order valence-electron chi connectivity index (χ3n) is 4.14. The summed E-state index contributed by atoms with van der Waals surface area (Å²) in [6, 6.07) is 9.90. The van der Waals surface area contributed by atoms with Crippen molar-refractivity contribution >= 4 is 29.0 Å². The van der Waals surface area contributed by atoms with Crippen molar-refractivity contribution in [3.63, 3.8) is 0 Å². The van der Waals surface area contributed by atoms with Crippen molar-refractivity contribution in [3.05, 3.63) is 47.2 Å². The van der Waals surface area contributed by atoms with E-state index >= 15 is 0 Å². The zero-order chi connectivity index (χ0) is 19.9. The fourth-order valence-corrected chi connectivity index (χ4v) is 4.16. The van der Waals surface area contributed by atoms with Crippen LogP contribution in [0.4, 0.5) is 0 Å². The molecule has 0 aliphatic carbocycles. The molecule has 2 heterocycles. The molecule has 0 saturated carbocycles. The second-order valence-corrected chi connectivity index (χ2v) is 8.50. The number of rotatable bonds is 9. The number of hydrogen-bond acceptors (Lipinski definition) is 6. The molecule has 2 aromatic heterocycles. The molecule has 28 heavy (non-hydrogen) atoms. The van der Waals surface area contributed by atoms with Gasteiger partial charge in [0.1, 0.15) is 16.5 Å². The molecule has 0 aliphatic heterocycles.